The maximum Gasteiger partial charge on any atom is 0.339 e. The normalized spacial score (nSPS) is 11.9. The Morgan fingerprint density at radius 1 is 1.56 bits per heavy atom. The number of hydrogen-bond donors (Lipinski definition) is 2. The number of nitrogens with zero attached hydrogens (tertiary/aromatic N) is 2. The van der Waals surface area contributed by atoms with Crippen molar-refractivity contribution >= 4 is 11.9 Å². The second-order valence-corrected chi connectivity index (χ2v) is 3.54. The highest BCUT2D eigenvalue weighted by molar-refractivity contribution is 5.88. The molecule has 1 atom stereocenters. The number of ether oxygens (including phenoxy) is 1. The van der Waals surface area contributed by atoms with Crippen molar-refractivity contribution in [3.05, 3.63) is 23.8 Å². The molecule has 0 aliphatic carbocycles. The number of rotatable bonds is 6. The van der Waals surface area contributed by atoms with Gasteiger partial charge in [0.15, 0.2) is 0 Å². The molecule has 7 nitrogen and oxygen atoms in total. The number of nitrogens with one attached hydrogen (secondary N) is 1. The number of carbonyl (C=O) groups excluding carboxylic acids is 1. The number of esters is 1. The van der Waals surface area contributed by atoms with E-state index in [1.807, 2.05) is 0 Å². The lowest BCUT2D eigenvalue weighted by molar-refractivity contribution is -0.145. The van der Waals surface area contributed by atoms with E-state index in [0.29, 0.717) is 12.3 Å². The van der Waals surface area contributed by atoms with E-state index < -0.39 is 12.0 Å². The summed E-state index contributed by atoms with van der Waals surface area (Å²) < 4.78 is 4.82. The second-order valence-electron chi connectivity index (χ2n) is 3.54. The predicted octanol–water partition coefficient (Wildman–Crippen LogP) is 0.216. The Labute approximate surface area is 104 Å². The molecule has 1 unspecified atom stereocenters. The molecule has 98 valence electrons. The van der Waals surface area contributed by atoms with Crippen LogP contribution in [0, 0.1) is 0 Å². The van der Waals surface area contributed by atoms with Crippen molar-refractivity contribution in [2.45, 2.75) is 26.4 Å². The van der Waals surface area contributed by atoms with Crippen molar-refractivity contribution in [2.24, 2.45) is 0 Å². The molecule has 0 aliphatic rings. The van der Waals surface area contributed by atoms with Crippen LogP contribution in [0.3, 0.4) is 0 Å². The highest BCUT2D eigenvalue weighted by Gasteiger charge is 2.16. The van der Waals surface area contributed by atoms with Gasteiger partial charge in [-0.25, -0.2) is 14.8 Å². The van der Waals surface area contributed by atoms with Gasteiger partial charge in [-0.05, 0) is 13.8 Å². The summed E-state index contributed by atoms with van der Waals surface area (Å²) in [6.45, 7) is 3.82. The number of aromatic nitrogens is 2. The van der Waals surface area contributed by atoms with E-state index in [-0.39, 0.29) is 18.1 Å². The molecule has 1 rings (SSSR count). The Morgan fingerprint density at radius 3 is 2.89 bits per heavy atom. The van der Waals surface area contributed by atoms with Crippen molar-refractivity contribution in [2.75, 3.05) is 6.61 Å². The van der Waals surface area contributed by atoms with Gasteiger partial charge in [0.2, 0.25) is 0 Å². The number of carbonyl (C=O) groups is 2. The third kappa shape index (κ3) is 3.77. The Balaban J connectivity index is 2.63. The Morgan fingerprint density at radius 2 is 2.28 bits per heavy atom. The highest BCUT2D eigenvalue weighted by atomic mass is 16.5. The third-order valence-electron chi connectivity index (χ3n) is 2.24. The molecule has 0 aromatic carbocycles. The molecular formula is C11H15N3O4. The molecule has 0 saturated heterocycles. The van der Waals surface area contributed by atoms with Gasteiger partial charge in [0.1, 0.15) is 17.9 Å². The van der Waals surface area contributed by atoms with Crippen molar-refractivity contribution in [3.63, 3.8) is 0 Å². The van der Waals surface area contributed by atoms with Crippen LogP contribution in [0.25, 0.3) is 0 Å². The fourth-order valence-electron chi connectivity index (χ4n) is 1.27. The molecule has 7 heteroatoms. The summed E-state index contributed by atoms with van der Waals surface area (Å²) in [5, 5.41) is 11.8. The molecule has 0 bridgehead atoms. The van der Waals surface area contributed by atoms with Crippen molar-refractivity contribution in [1.82, 2.24) is 15.3 Å². The molecule has 0 saturated carbocycles. The summed E-state index contributed by atoms with van der Waals surface area (Å²) in [6.07, 6.45) is 2.49. The zero-order valence-corrected chi connectivity index (χ0v) is 10.2. The molecule has 0 aliphatic heterocycles. The second kappa shape index (κ2) is 6.65. The highest BCUT2D eigenvalue weighted by Crippen LogP contribution is 2.03. The lowest BCUT2D eigenvalue weighted by atomic mass is 10.2. The van der Waals surface area contributed by atoms with E-state index in [2.05, 4.69) is 15.3 Å². The van der Waals surface area contributed by atoms with Gasteiger partial charge < -0.3 is 9.84 Å². The Kier molecular flexibility index (Phi) is 5.19. The van der Waals surface area contributed by atoms with Crippen molar-refractivity contribution in [1.29, 1.82) is 0 Å². The van der Waals surface area contributed by atoms with Crippen LogP contribution in [0.15, 0.2) is 12.5 Å². The molecule has 1 heterocycles. The van der Waals surface area contributed by atoms with Gasteiger partial charge in [0, 0.05) is 12.7 Å². The van der Waals surface area contributed by atoms with Crippen LogP contribution < -0.4 is 5.32 Å². The smallest absolute Gasteiger partial charge is 0.339 e. The number of hydrogen-bond acceptors (Lipinski definition) is 6. The fraction of sp³-hybridized carbons (Fsp3) is 0.455. The standard InChI is InChI=1S/C11H15N3O4/c1-3-18-11(17)7(2)13-5-9-8(10(15)16)4-12-6-14-9/h4,6-7,13H,3,5H2,1-2H3,(H,15,16). The van der Waals surface area contributed by atoms with Crippen LogP contribution in [0.4, 0.5) is 0 Å². The summed E-state index contributed by atoms with van der Waals surface area (Å²) in [6, 6.07) is -0.526. The fourth-order valence-corrected chi connectivity index (χ4v) is 1.27. The first kappa shape index (κ1) is 14.0. The van der Waals surface area contributed by atoms with Gasteiger partial charge in [0.05, 0.1) is 12.3 Å². The summed E-state index contributed by atoms with van der Waals surface area (Å²) in [4.78, 5) is 29.8. The largest absolute Gasteiger partial charge is 0.478 e. The summed E-state index contributed by atoms with van der Waals surface area (Å²) >= 11 is 0. The number of carboxylic acid groups (broad SMARTS) is 1. The average Bonchev–Trinajstić information content (AvgIpc) is 2.36. The van der Waals surface area contributed by atoms with Crippen LogP contribution in [0.1, 0.15) is 29.9 Å². The van der Waals surface area contributed by atoms with E-state index in [1.54, 1.807) is 13.8 Å². The quantitative estimate of drug-likeness (QED) is 0.699. The van der Waals surface area contributed by atoms with Gasteiger partial charge in [-0.1, -0.05) is 0 Å². The number of aromatic carboxylic acids is 1. The average molecular weight is 253 g/mol. The van der Waals surface area contributed by atoms with Crippen LogP contribution in [0.5, 0.6) is 0 Å². The van der Waals surface area contributed by atoms with E-state index in [9.17, 15) is 9.59 Å². The van der Waals surface area contributed by atoms with E-state index in [1.165, 1.54) is 12.5 Å². The minimum absolute atomic E-state index is 0.0149. The van der Waals surface area contributed by atoms with E-state index in [4.69, 9.17) is 9.84 Å². The zero-order chi connectivity index (χ0) is 13.5. The lowest BCUT2D eigenvalue weighted by Crippen LogP contribution is -2.35. The Bertz CT molecular complexity index is 436. The van der Waals surface area contributed by atoms with Gasteiger partial charge >= 0.3 is 11.9 Å². The van der Waals surface area contributed by atoms with Crippen LogP contribution >= 0.6 is 0 Å². The predicted molar refractivity (Wildman–Crippen MR) is 61.9 cm³/mol. The molecule has 0 radical (unpaired) electrons. The monoisotopic (exact) mass is 253 g/mol. The SMILES string of the molecule is CCOC(=O)C(C)NCc1ncncc1C(=O)O. The van der Waals surface area contributed by atoms with Gasteiger partial charge in [0.25, 0.3) is 0 Å². The number of carboxylic acids is 1. The summed E-state index contributed by atoms with van der Waals surface area (Å²) in [5.41, 5.74) is 0.342. The van der Waals surface area contributed by atoms with Crippen LogP contribution in [0.2, 0.25) is 0 Å². The molecule has 0 amide bonds. The zero-order valence-electron chi connectivity index (χ0n) is 10.2. The van der Waals surface area contributed by atoms with Crippen LogP contribution in [-0.4, -0.2) is 39.7 Å². The molecule has 0 fully saturated rings. The minimum atomic E-state index is -1.10. The first-order valence-electron chi connectivity index (χ1n) is 5.48. The summed E-state index contributed by atoms with van der Waals surface area (Å²) in [5.74, 6) is -1.49. The van der Waals surface area contributed by atoms with Crippen LogP contribution in [-0.2, 0) is 16.1 Å². The molecule has 1 aromatic heterocycles. The first-order valence-corrected chi connectivity index (χ1v) is 5.48. The topological polar surface area (TPSA) is 101 Å². The minimum Gasteiger partial charge on any atom is -0.478 e. The molecule has 0 spiro atoms. The van der Waals surface area contributed by atoms with E-state index in [0.717, 1.165) is 0 Å². The third-order valence-corrected chi connectivity index (χ3v) is 2.24. The maximum atomic E-state index is 11.3. The molecule has 2 N–H and O–H groups in total. The van der Waals surface area contributed by atoms with Gasteiger partial charge in [-0.3, -0.25) is 10.1 Å². The summed E-state index contributed by atoms with van der Waals surface area (Å²) in [7, 11) is 0. The van der Waals surface area contributed by atoms with Crippen molar-refractivity contribution in [3.8, 4) is 0 Å². The van der Waals surface area contributed by atoms with Gasteiger partial charge in [-0.15, -0.1) is 0 Å². The lowest BCUT2D eigenvalue weighted by Gasteiger charge is -2.12. The van der Waals surface area contributed by atoms with Crippen molar-refractivity contribution < 1.29 is 19.4 Å². The van der Waals surface area contributed by atoms with E-state index >= 15 is 0 Å². The van der Waals surface area contributed by atoms with Gasteiger partial charge in [-0.2, -0.15) is 0 Å². The molecule has 1 aromatic rings. The maximum absolute atomic E-state index is 11.3. The molecule has 18 heavy (non-hydrogen) atoms. The molecular weight excluding hydrogens is 238 g/mol. The first-order chi connectivity index (χ1) is 8.56. The Hall–Kier alpha value is -2.02.